The third-order valence-electron chi connectivity index (χ3n) is 4.39. The van der Waals surface area contributed by atoms with Crippen molar-refractivity contribution in [1.82, 2.24) is 15.2 Å². The highest BCUT2D eigenvalue weighted by molar-refractivity contribution is 6.04. The van der Waals surface area contributed by atoms with Gasteiger partial charge in [0, 0.05) is 23.5 Å². The zero-order valence-electron chi connectivity index (χ0n) is 13.0. The van der Waals surface area contributed by atoms with E-state index in [0.717, 1.165) is 22.0 Å². The number of hydrogen-bond acceptors (Lipinski definition) is 2. The molecular formula is C19H17N3O2. The molecule has 0 saturated carbocycles. The number of H-pyrrole nitrogens is 1. The average molecular weight is 319 g/mol. The summed E-state index contributed by atoms with van der Waals surface area (Å²) in [6.07, 6.45) is 2.39. The molecule has 3 amide bonds. The lowest BCUT2D eigenvalue weighted by Crippen LogP contribution is -2.32. The van der Waals surface area contributed by atoms with Crippen LogP contribution in [-0.2, 0) is 17.8 Å². The van der Waals surface area contributed by atoms with Gasteiger partial charge in [-0.25, -0.2) is 4.79 Å². The SMILES string of the molecule is O=C1N[C@H](Cc2c[nH]c3ccccc23)C(=O)N1Cc1ccccc1. The Hall–Kier alpha value is -3.08. The number of urea groups is 1. The first-order chi connectivity index (χ1) is 11.7. The summed E-state index contributed by atoms with van der Waals surface area (Å²) >= 11 is 0. The number of rotatable bonds is 4. The minimum Gasteiger partial charge on any atom is -0.361 e. The topological polar surface area (TPSA) is 65.2 Å². The number of carbonyl (C=O) groups is 2. The second kappa shape index (κ2) is 5.85. The van der Waals surface area contributed by atoms with Crippen molar-refractivity contribution in [2.75, 3.05) is 0 Å². The van der Waals surface area contributed by atoms with Gasteiger partial charge in [-0.15, -0.1) is 0 Å². The summed E-state index contributed by atoms with van der Waals surface area (Å²) in [4.78, 5) is 29.3. The van der Waals surface area contributed by atoms with Crippen molar-refractivity contribution < 1.29 is 9.59 Å². The standard InChI is InChI=1S/C19H17N3O2/c23-18-17(10-14-11-20-16-9-5-4-8-15(14)16)21-19(24)22(18)12-13-6-2-1-3-7-13/h1-9,11,17,20H,10,12H2,(H,21,24)/t17-/m1/s1. The molecule has 4 rings (SSSR count). The molecule has 0 spiro atoms. The Labute approximate surface area is 139 Å². The maximum atomic E-state index is 12.6. The van der Waals surface area contributed by atoms with E-state index < -0.39 is 6.04 Å². The Morgan fingerprint density at radius 1 is 0.958 bits per heavy atom. The van der Waals surface area contributed by atoms with Crippen LogP contribution in [0.25, 0.3) is 10.9 Å². The van der Waals surface area contributed by atoms with E-state index in [0.29, 0.717) is 13.0 Å². The van der Waals surface area contributed by atoms with Crippen LogP contribution in [0.4, 0.5) is 4.79 Å². The highest BCUT2D eigenvalue weighted by Crippen LogP contribution is 2.21. The van der Waals surface area contributed by atoms with E-state index in [1.54, 1.807) is 0 Å². The number of nitrogens with zero attached hydrogens (tertiary/aromatic N) is 1. The normalized spacial score (nSPS) is 17.5. The molecule has 120 valence electrons. The number of amides is 3. The molecule has 3 aromatic rings. The van der Waals surface area contributed by atoms with Crippen molar-refractivity contribution in [1.29, 1.82) is 0 Å². The zero-order chi connectivity index (χ0) is 16.5. The molecule has 0 radical (unpaired) electrons. The Balaban J connectivity index is 1.53. The monoisotopic (exact) mass is 319 g/mol. The molecule has 2 N–H and O–H groups in total. The maximum absolute atomic E-state index is 12.6. The van der Waals surface area contributed by atoms with Gasteiger partial charge in [0.05, 0.1) is 6.54 Å². The summed E-state index contributed by atoms with van der Waals surface area (Å²) in [5, 5.41) is 3.88. The number of carbonyl (C=O) groups excluding carboxylic acids is 2. The lowest BCUT2D eigenvalue weighted by atomic mass is 10.0. The first-order valence-electron chi connectivity index (χ1n) is 7.93. The Bertz CT molecular complexity index is 901. The number of para-hydroxylation sites is 1. The summed E-state index contributed by atoms with van der Waals surface area (Å²) in [5.41, 5.74) is 3.00. The van der Waals surface area contributed by atoms with Crippen molar-refractivity contribution >= 4 is 22.8 Å². The predicted octanol–water partition coefficient (Wildman–Crippen LogP) is 2.83. The van der Waals surface area contributed by atoms with Crippen molar-refractivity contribution in [3.05, 3.63) is 71.9 Å². The lowest BCUT2D eigenvalue weighted by Gasteiger charge is -2.13. The summed E-state index contributed by atoms with van der Waals surface area (Å²) in [5.74, 6) is -0.172. The van der Waals surface area contributed by atoms with Crippen LogP contribution in [0.2, 0.25) is 0 Å². The molecule has 0 unspecified atom stereocenters. The average Bonchev–Trinajstić information content (AvgIpc) is 3.13. The number of aromatic amines is 1. The van der Waals surface area contributed by atoms with Crippen LogP contribution >= 0.6 is 0 Å². The molecule has 1 aliphatic rings. The van der Waals surface area contributed by atoms with Gasteiger partial charge in [-0.2, -0.15) is 0 Å². The van der Waals surface area contributed by atoms with Gasteiger partial charge in [0.15, 0.2) is 0 Å². The summed E-state index contributed by atoms with van der Waals surface area (Å²) in [6.45, 7) is 0.301. The number of benzene rings is 2. The van der Waals surface area contributed by atoms with Crippen molar-refractivity contribution in [3.8, 4) is 0 Å². The fourth-order valence-corrected chi connectivity index (χ4v) is 3.15. The number of aromatic nitrogens is 1. The smallest absolute Gasteiger partial charge is 0.325 e. The van der Waals surface area contributed by atoms with E-state index in [1.807, 2.05) is 60.8 Å². The van der Waals surface area contributed by atoms with Gasteiger partial charge in [-0.05, 0) is 17.2 Å². The fraction of sp³-hybridized carbons (Fsp3) is 0.158. The van der Waals surface area contributed by atoms with Gasteiger partial charge in [-0.3, -0.25) is 9.69 Å². The highest BCUT2D eigenvalue weighted by Gasteiger charge is 2.38. The van der Waals surface area contributed by atoms with Crippen LogP contribution in [0.1, 0.15) is 11.1 Å². The van der Waals surface area contributed by atoms with Crippen LogP contribution in [0.3, 0.4) is 0 Å². The van der Waals surface area contributed by atoms with Gasteiger partial charge >= 0.3 is 6.03 Å². The molecule has 0 aliphatic carbocycles. The van der Waals surface area contributed by atoms with E-state index in [2.05, 4.69) is 10.3 Å². The van der Waals surface area contributed by atoms with Crippen LogP contribution in [0, 0.1) is 0 Å². The number of fused-ring (bicyclic) bond motifs is 1. The maximum Gasteiger partial charge on any atom is 0.325 e. The molecule has 1 aliphatic heterocycles. The first-order valence-corrected chi connectivity index (χ1v) is 7.93. The van der Waals surface area contributed by atoms with E-state index in [-0.39, 0.29) is 11.9 Å². The van der Waals surface area contributed by atoms with E-state index in [4.69, 9.17) is 0 Å². The van der Waals surface area contributed by atoms with Crippen molar-refractivity contribution in [3.63, 3.8) is 0 Å². The minimum atomic E-state index is -0.514. The van der Waals surface area contributed by atoms with Crippen LogP contribution in [-0.4, -0.2) is 27.9 Å². The van der Waals surface area contributed by atoms with Gasteiger partial charge in [-0.1, -0.05) is 48.5 Å². The van der Waals surface area contributed by atoms with E-state index in [9.17, 15) is 9.59 Å². The summed E-state index contributed by atoms with van der Waals surface area (Å²) in [6, 6.07) is 16.6. The quantitative estimate of drug-likeness (QED) is 0.726. The number of imide groups is 1. The molecule has 2 aromatic carbocycles. The van der Waals surface area contributed by atoms with Crippen molar-refractivity contribution in [2.45, 2.75) is 19.0 Å². The molecule has 2 heterocycles. The van der Waals surface area contributed by atoms with Crippen LogP contribution < -0.4 is 5.32 Å². The van der Waals surface area contributed by atoms with Gasteiger partial charge in [0.2, 0.25) is 0 Å². The van der Waals surface area contributed by atoms with Gasteiger partial charge < -0.3 is 10.3 Å². The second-order valence-electron chi connectivity index (χ2n) is 5.98. The predicted molar refractivity (Wildman–Crippen MR) is 91.3 cm³/mol. The summed E-state index contributed by atoms with van der Waals surface area (Å²) in [7, 11) is 0. The third-order valence-corrected chi connectivity index (χ3v) is 4.39. The molecule has 5 nitrogen and oxygen atoms in total. The molecule has 24 heavy (non-hydrogen) atoms. The van der Waals surface area contributed by atoms with E-state index >= 15 is 0 Å². The summed E-state index contributed by atoms with van der Waals surface area (Å²) < 4.78 is 0. The lowest BCUT2D eigenvalue weighted by molar-refractivity contribution is -0.127. The van der Waals surface area contributed by atoms with E-state index in [1.165, 1.54) is 4.90 Å². The molecule has 1 saturated heterocycles. The minimum absolute atomic E-state index is 0.172. The molecule has 5 heteroatoms. The van der Waals surface area contributed by atoms with Gasteiger partial charge in [0.25, 0.3) is 5.91 Å². The third kappa shape index (κ3) is 2.54. The zero-order valence-corrected chi connectivity index (χ0v) is 13.0. The second-order valence-corrected chi connectivity index (χ2v) is 5.98. The van der Waals surface area contributed by atoms with Gasteiger partial charge in [0.1, 0.15) is 6.04 Å². The largest absolute Gasteiger partial charge is 0.361 e. The van der Waals surface area contributed by atoms with Crippen LogP contribution in [0.15, 0.2) is 60.8 Å². The Morgan fingerprint density at radius 2 is 1.71 bits per heavy atom. The number of nitrogens with one attached hydrogen (secondary N) is 2. The number of hydrogen-bond donors (Lipinski definition) is 2. The van der Waals surface area contributed by atoms with Crippen LogP contribution in [0.5, 0.6) is 0 Å². The molecule has 1 fully saturated rings. The first kappa shape index (κ1) is 14.5. The molecular weight excluding hydrogens is 302 g/mol. The molecule has 1 aromatic heterocycles. The fourth-order valence-electron chi connectivity index (χ4n) is 3.15. The molecule has 0 bridgehead atoms. The Morgan fingerprint density at radius 3 is 2.54 bits per heavy atom. The van der Waals surface area contributed by atoms with Crippen molar-refractivity contribution in [2.24, 2.45) is 0 Å². The molecule has 1 atom stereocenters. The highest BCUT2D eigenvalue weighted by atomic mass is 16.2. The Kier molecular flexibility index (Phi) is 3.54.